The lowest BCUT2D eigenvalue weighted by Crippen LogP contribution is -2.34. The number of benzene rings is 1. The molecule has 1 aromatic rings. The van der Waals surface area contributed by atoms with Gasteiger partial charge in [0.2, 0.25) is 10.0 Å². The number of hydrogen-bond acceptors (Lipinski definition) is 5. The first-order valence-electron chi connectivity index (χ1n) is 5.66. The fourth-order valence-corrected chi connectivity index (χ4v) is 2.43. The highest BCUT2D eigenvalue weighted by atomic mass is 32.2. The highest BCUT2D eigenvalue weighted by Crippen LogP contribution is 2.23. The summed E-state index contributed by atoms with van der Waals surface area (Å²) in [7, 11) is -2.59. The minimum Gasteiger partial charge on any atom is -0.406 e. The fraction of sp³-hybridized carbons (Fsp3) is 0.455. The Hall–Kier alpha value is -1.36. The number of sulfonamides is 1. The van der Waals surface area contributed by atoms with Crippen LogP contribution in [-0.4, -0.2) is 46.3 Å². The van der Waals surface area contributed by atoms with Crippen molar-refractivity contribution in [1.29, 1.82) is 0 Å². The number of halogens is 3. The van der Waals surface area contributed by atoms with Gasteiger partial charge in [-0.2, -0.15) is 0 Å². The first-order chi connectivity index (χ1) is 9.64. The largest absolute Gasteiger partial charge is 0.573 e. The Balaban J connectivity index is 2.71. The van der Waals surface area contributed by atoms with Crippen molar-refractivity contribution in [1.82, 2.24) is 4.72 Å². The zero-order valence-corrected chi connectivity index (χ0v) is 11.7. The van der Waals surface area contributed by atoms with Gasteiger partial charge in [0.25, 0.3) is 0 Å². The Morgan fingerprint density at radius 3 is 2.33 bits per heavy atom. The Morgan fingerprint density at radius 2 is 1.86 bits per heavy atom. The molecular weight excluding hydrogens is 315 g/mol. The molecule has 1 rings (SSSR count). The van der Waals surface area contributed by atoms with E-state index in [1.807, 2.05) is 0 Å². The van der Waals surface area contributed by atoms with E-state index in [0.717, 1.165) is 24.3 Å². The minimum absolute atomic E-state index is 0.0547. The highest BCUT2D eigenvalue weighted by Gasteiger charge is 2.31. The van der Waals surface area contributed by atoms with Gasteiger partial charge in [0.15, 0.2) is 0 Å². The summed E-state index contributed by atoms with van der Waals surface area (Å²) in [5.41, 5.74) is 0. The molecule has 6 nitrogen and oxygen atoms in total. The molecule has 10 heteroatoms. The Bertz CT molecular complexity index is 544. The van der Waals surface area contributed by atoms with Crippen molar-refractivity contribution in [2.45, 2.75) is 17.4 Å². The maximum Gasteiger partial charge on any atom is 0.573 e. The maximum atomic E-state index is 12.0. The van der Waals surface area contributed by atoms with Gasteiger partial charge in [0.05, 0.1) is 17.6 Å². The number of rotatable bonds is 7. The average Bonchev–Trinajstić information content (AvgIpc) is 2.36. The van der Waals surface area contributed by atoms with Crippen molar-refractivity contribution in [3.63, 3.8) is 0 Å². The van der Waals surface area contributed by atoms with Gasteiger partial charge in [-0.05, 0) is 24.3 Å². The van der Waals surface area contributed by atoms with E-state index < -0.39 is 28.2 Å². The summed E-state index contributed by atoms with van der Waals surface area (Å²) >= 11 is 0. The van der Waals surface area contributed by atoms with Gasteiger partial charge in [-0.15, -0.1) is 13.2 Å². The molecule has 0 amide bonds. The van der Waals surface area contributed by atoms with E-state index in [4.69, 9.17) is 0 Å². The van der Waals surface area contributed by atoms with Crippen molar-refractivity contribution in [2.75, 3.05) is 20.3 Å². The molecule has 0 aliphatic carbocycles. The second kappa shape index (κ2) is 7.07. The first-order valence-corrected chi connectivity index (χ1v) is 7.15. The predicted molar refractivity (Wildman–Crippen MR) is 66.2 cm³/mol. The third-order valence-corrected chi connectivity index (χ3v) is 3.68. The zero-order chi connectivity index (χ0) is 16.1. The van der Waals surface area contributed by atoms with Crippen LogP contribution in [0.15, 0.2) is 29.2 Å². The van der Waals surface area contributed by atoms with Crippen LogP contribution in [0.1, 0.15) is 0 Å². The quantitative estimate of drug-likeness (QED) is 0.775. The third kappa shape index (κ3) is 6.29. The van der Waals surface area contributed by atoms with Crippen molar-refractivity contribution >= 4 is 10.0 Å². The number of hydrogen-bond donors (Lipinski definition) is 2. The average molecular weight is 329 g/mol. The molecule has 2 N–H and O–H groups in total. The molecule has 0 aliphatic rings. The van der Waals surface area contributed by atoms with Crippen LogP contribution in [0, 0.1) is 0 Å². The molecule has 21 heavy (non-hydrogen) atoms. The molecule has 1 unspecified atom stereocenters. The predicted octanol–water partition coefficient (Wildman–Crippen LogP) is 0.871. The molecule has 0 aromatic heterocycles. The molecule has 0 spiro atoms. The summed E-state index contributed by atoms with van der Waals surface area (Å²) < 4.78 is 69.9. The molecule has 0 saturated carbocycles. The summed E-state index contributed by atoms with van der Waals surface area (Å²) in [5.74, 6) is -0.527. The van der Waals surface area contributed by atoms with Crippen molar-refractivity contribution in [2.24, 2.45) is 0 Å². The van der Waals surface area contributed by atoms with Gasteiger partial charge in [0, 0.05) is 13.7 Å². The summed E-state index contributed by atoms with van der Waals surface area (Å²) in [4.78, 5) is -0.248. The van der Waals surface area contributed by atoms with Crippen molar-refractivity contribution in [3.8, 4) is 5.75 Å². The molecule has 0 radical (unpaired) electrons. The third-order valence-electron chi connectivity index (χ3n) is 2.24. The van der Waals surface area contributed by atoms with Gasteiger partial charge in [-0.3, -0.25) is 0 Å². The molecule has 0 fully saturated rings. The summed E-state index contributed by atoms with van der Waals surface area (Å²) in [6, 6.07) is 3.69. The lowest BCUT2D eigenvalue weighted by atomic mass is 10.3. The Kier molecular flexibility index (Phi) is 5.96. The van der Waals surface area contributed by atoms with Crippen LogP contribution in [0.3, 0.4) is 0 Å². The van der Waals surface area contributed by atoms with Crippen molar-refractivity contribution in [3.05, 3.63) is 24.3 Å². The summed E-state index contributed by atoms with van der Waals surface area (Å²) in [5, 5.41) is 9.33. The number of ether oxygens (including phenoxy) is 2. The molecular formula is C11H14F3NO5S. The van der Waals surface area contributed by atoms with Crippen LogP contribution in [-0.2, 0) is 14.8 Å². The minimum atomic E-state index is -4.84. The van der Waals surface area contributed by atoms with Crippen LogP contribution >= 0.6 is 0 Å². The lowest BCUT2D eigenvalue weighted by molar-refractivity contribution is -0.274. The van der Waals surface area contributed by atoms with E-state index in [9.17, 15) is 26.7 Å². The van der Waals surface area contributed by atoms with E-state index in [1.165, 1.54) is 7.11 Å². The van der Waals surface area contributed by atoms with Crippen LogP contribution in [0.2, 0.25) is 0 Å². The second-order valence-electron chi connectivity index (χ2n) is 3.98. The molecule has 0 heterocycles. The molecule has 1 aromatic carbocycles. The van der Waals surface area contributed by atoms with Crippen LogP contribution in [0.25, 0.3) is 0 Å². The maximum absolute atomic E-state index is 12.0. The van der Waals surface area contributed by atoms with Crippen molar-refractivity contribution < 1.29 is 36.2 Å². The lowest BCUT2D eigenvalue weighted by Gasteiger charge is -2.12. The standard InChI is InChI=1S/C11H14F3NO5S/c1-19-7-8(16)6-15-21(17,18)10-4-2-9(3-5-10)20-11(12,13)14/h2-5,8,15-16H,6-7H2,1H3. The summed E-state index contributed by atoms with van der Waals surface area (Å²) in [6.07, 6.45) is -5.87. The number of methoxy groups -OCH3 is 1. The molecule has 0 aliphatic heterocycles. The number of alkyl halides is 3. The van der Waals surface area contributed by atoms with E-state index in [2.05, 4.69) is 14.2 Å². The van der Waals surface area contributed by atoms with Gasteiger partial charge < -0.3 is 14.6 Å². The second-order valence-corrected chi connectivity index (χ2v) is 5.75. The monoisotopic (exact) mass is 329 g/mol. The van der Waals surface area contributed by atoms with Gasteiger partial charge in [-0.25, -0.2) is 13.1 Å². The molecule has 120 valence electrons. The molecule has 1 atom stereocenters. The van der Waals surface area contributed by atoms with Gasteiger partial charge >= 0.3 is 6.36 Å². The van der Waals surface area contributed by atoms with Gasteiger partial charge in [-0.1, -0.05) is 0 Å². The number of nitrogens with one attached hydrogen (secondary N) is 1. The van der Waals surface area contributed by atoms with Gasteiger partial charge in [0.1, 0.15) is 5.75 Å². The molecule has 0 saturated heterocycles. The van der Waals surface area contributed by atoms with E-state index in [1.54, 1.807) is 0 Å². The first kappa shape index (κ1) is 17.7. The SMILES string of the molecule is COCC(O)CNS(=O)(=O)c1ccc(OC(F)(F)F)cc1. The fourth-order valence-electron chi connectivity index (χ4n) is 1.36. The summed E-state index contributed by atoms with van der Waals surface area (Å²) in [6.45, 7) is -0.335. The van der Waals surface area contributed by atoms with Crippen LogP contribution in [0.5, 0.6) is 5.75 Å². The van der Waals surface area contributed by atoms with E-state index >= 15 is 0 Å². The van der Waals surface area contributed by atoms with E-state index in [-0.39, 0.29) is 18.0 Å². The van der Waals surface area contributed by atoms with Crippen LogP contribution in [0.4, 0.5) is 13.2 Å². The molecule has 0 bridgehead atoms. The number of aliphatic hydroxyl groups excluding tert-OH is 1. The highest BCUT2D eigenvalue weighted by molar-refractivity contribution is 7.89. The normalized spacial score (nSPS) is 14.0. The van der Waals surface area contributed by atoms with E-state index in [0.29, 0.717) is 0 Å². The zero-order valence-electron chi connectivity index (χ0n) is 10.9. The Labute approximate surface area is 119 Å². The topological polar surface area (TPSA) is 84.9 Å². The smallest absolute Gasteiger partial charge is 0.406 e. The Morgan fingerprint density at radius 1 is 1.29 bits per heavy atom. The number of aliphatic hydroxyl groups is 1. The van der Waals surface area contributed by atoms with Crippen LogP contribution < -0.4 is 9.46 Å².